The van der Waals surface area contributed by atoms with Crippen LogP contribution in [0.15, 0.2) is 0 Å². The highest BCUT2D eigenvalue weighted by molar-refractivity contribution is 5.74. The molecule has 1 rings (SSSR count). The van der Waals surface area contributed by atoms with Gasteiger partial charge in [-0.15, -0.1) is 0 Å². The fourth-order valence-electron chi connectivity index (χ4n) is 1.51. The molecule has 1 heterocycles. The number of urea groups is 1. The van der Waals surface area contributed by atoms with Gasteiger partial charge in [0.1, 0.15) is 5.60 Å². The number of hydrogen-bond donors (Lipinski definition) is 1. The summed E-state index contributed by atoms with van der Waals surface area (Å²) in [5.74, 6) is 0. The predicted octanol–water partition coefficient (Wildman–Crippen LogP) is 1.80. The smallest absolute Gasteiger partial charge is 0.429 e. The Bertz CT molecular complexity index is 339. The van der Waals surface area contributed by atoms with Crippen molar-refractivity contribution in [1.82, 2.24) is 9.96 Å². The molecule has 104 valence electrons. The molecule has 0 aromatic heterocycles. The average molecular weight is 260 g/mol. The van der Waals surface area contributed by atoms with Crippen LogP contribution in [0, 0.1) is 0 Å². The molecule has 0 aromatic carbocycles. The van der Waals surface area contributed by atoms with Crippen molar-refractivity contribution < 1.29 is 24.3 Å². The van der Waals surface area contributed by atoms with Crippen molar-refractivity contribution in [2.24, 2.45) is 0 Å². The lowest BCUT2D eigenvalue weighted by atomic mass is 10.1. The molecule has 2 atom stereocenters. The fraction of sp³-hybridized carbons (Fsp3) is 0.818. The Hall–Kier alpha value is -1.50. The molecule has 2 unspecified atom stereocenters. The predicted molar refractivity (Wildman–Crippen MR) is 62.0 cm³/mol. The number of carbonyl (C=O) groups excluding carboxylic acids is 2. The third-order valence-electron chi connectivity index (χ3n) is 2.60. The lowest BCUT2D eigenvalue weighted by molar-refractivity contribution is -0.194. The average Bonchev–Trinajstić information content (AvgIpc) is 2.20. The first kappa shape index (κ1) is 14.6. The van der Waals surface area contributed by atoms with Gasteiger partial charge in [-0.2, -0.15) is 5.06 Å². The van der Waals surface area contributed by atoms with E-state index in [1.807, 2.05) is 0 Å². The topological polar surface area (TPSA) is 79.3 Å². The van der Waals surface area contributed by atoms with Gasteiger partial charge in [-0.05, 0) is 27.7 Å². The summed E-state index contributed by atoms with van der Waals surface area (Å²) in [7, 11) is 1.57. The number of rotatable bonds is 1. The van der Waals surface area contributed by atoms with Crippen LogP contribution in [0.25, 0.3) is 0 Å². The molecule has 7 heteroatoms. The molecule has 1 saturated heterocycles. The zero-order valence-corrected chi connectivity index (χ0v) is 11.3. The maximum Gasteiger partial charge on any atom is 0.510 e. The Morgan fingerprint density at radius 3 is 2.50 bits per heavy atom. The van der Waals surface area contributed by atoms with Crippen LogP contribution in [0.4, 0.5) is 9.59 Å². The van der Waals surface area contributed by atoms with Crippen LogP contribution < -0.4 is 0 Å². The van der Waals surface area contributed by atoms with Gasteiger partial charge >= 0.3 is 12.2 Å². The summed E-state index contributed by atoms with van der Waals surface area (Å²) in [6.07, 6.45) is -1.60. The molecule has 1 aliphatic rings. The van der Waals surface area contributed by atoms with Crippen molar-refractivity contribution >= 4 is 12.2 Å². The molecule has 0 spiro atoms. The van der Waals surface area contributed by atoms with Crippen LogP contribution in [0.3, 0.4) is 0 Å². The van der Waals surface area contributed by atoms with Crippen molar-refractivity contribution in [2.75, 3.05) is 7.05 Å². The second-order valence-corrected chi connectivity index (χ2v) is 5.36. The Balaban J connectivity index is 2.62. The SMILES string of the molecule is CC1CC(OC(=O)OC(C)(C)C)N(O)C(=O)N1C. The van der Waals surface area contributed by atoms with Gasteiger partial charge in [-0.3, -0.25) is 5.21 Å². The van der Waals surface area contributed by atoms with Crippen molar-refractivity contribution in [2.45, 2.75) is 52.0 Å². The Labute approximate surface area is 106 Å². The minimum Gasteiger partial charge on any atom is -0.429 e. The van der Waals surface area contributed by atoms with E-state index in [9.17, 15) is 14.8 Å². The van der Waals surface area contributed by atoms with Crippen molar-refractivity contribution in [3.05, 3.63) is 0 Å². The highest BCUT2D eigenvalue weighted by atomic mass is 16.8. The summed E-state index contributed by atoms with van der Waals surface area (Å²) in [4.78, 5) is 24.4. The maximum absolute atomic E-state index is 11.6. The van der Waals surface area contributed by atoms with Gasteiger partial charge in [-0.1, -0.05) is 0 Å². The van der Waals surface area contributed by atoms with E-state index < -0.39 is 24.0 Å². The fourth-order valence-corrected chi connectivity index (χ4v) is 1.51. The van der Waals surface area contributed by atoms with Crippen LogP contribution in [-0.4, -0.2) is 52.3 Å². The molecular weight excluding hydrogens is 240 g/mol. The van der Waals surface area contributed by atoms with Crippen LogP contribution in [0.2, 0.25) is 0 Å². The Kier molecular flexibility index (Phi) is 4.05. The normalized spacial score (nSPS) is 25.1. The van der Waals surface area contributed by atoms with Gasteiger partial charge in [0, 0.05) is 19.5 Å². The van der Waals surface area contributed by atoms with E-state index in [0.717, 1.165) is 0 Å². The number of hydroxylamine groups is 2. The van der Waals surface area contributed by atoms with Gasteiger partial charge in [0.25, 0.3) is 0 Å². The molecule has 2 amide bonds. The molecule has 0 aromatic rings. The first-order valence-electron chi connectivity index (χ1n) is 5.76. The van der Waals surface area contributed by atoms with Gasteiger partial charge in [-0.25, -0.2) is 9.59 Å². The van der Waals surface area contributed by atoms with E-state index in [1.54, 1.807) is 34.7 Å². The van der Waals surface area contributed by atoms with Crippen molar-refractivity contribution in [3.8, 4) is 0 Å². The summed E-state index contributed by atoms with van der Waals surface area (Å²) < 4.78 is 9.90. The van der Waals surface area contributed by atoms with E-state index in [4.69, 9.17) is 9.47 Å². The van der Waals surface area contributed by atoms with Crippen molar-refractivity contribution in [1.29, 1.82) is 0 Å². The number of nitrogens with zero attached hydrogens (tertiary/aromatic N) is 2. The first-order valence-corrected chi connectivity index (χ1v) is 5.76. The molecular formula is C11H20N2O5. The van der Waals surface area contributed by atoms with Crippen LogP contribution >= 0.6 is 0 Å². The van der Waals surface area contributed by atoms with E-state index in [0.29, 0.717) is 11.5 Å². The summed E-state index contributed by atoms with van der Waals surface area (Å²) in [6.45, 7) is 6.91. The lowest BCUT2D eigenvalue weighted by Crippen LogP contribution is -2.56. The molecule has 0 radical (unpaired) electrons. The molecule has 1 N–H and O–H groups in total. The molecule has 0 bridgehead atoms. The van der Waals surface area contributed by atoms with Crippen LogP contribution in [0.5, 0.6) is 0 Å². The van der Waals surface area contributed by atoms with E-state index in [2.05, 4.69) is 0 Å². The molecule has 0 aliphatic carbocycles. The van der Waals surface area contributed by atoms with E-state index in [1.165, 1.54) is 4.90 Å². The number of carbonyl (C=O) groups is 2. The van der Waals surface area contributed by atoms with Gasteiger partial charge in [0.05, 0.1) is 0 Å². The third-order valence-corrected chi connectivity index (χ3v) is 2.60. The minimum absolute atomic E-state index is 0.131. The van der Waals surface area contributed by atoms with Crippen LogP contribution in [0.1, 0.15) is 34.1 Å². The molecule has 18 heavy (non-hydrogen) atoms. The summed E-state index contributed by atoms with van der Waals surface area (Å²) in [5, 5.41) is 9.99. The summed E-state index contributed by atoms with van der Waals surface area (Å²) in [6, 6.07) is -0.740. The van der Waals surface area contributed by atoms with E-state index >= 15 is 0 Å². The largest absolute Gasteiger partial charge is 0.510 e. The zero-order chi connectivity index (χ0) is 14.1. The molecule has 1 fully saturated rings. The summed E-state index contributed by atoms with van der Waals surface area (Å²) in [5.41, 5.74) is -0.682. The Morgan fingerprint density at radius 2 is 2.00 bits per heavy atom. The lowest BCUT2D eigenvalue weighted by Gasteiger charge is -2.39. The second kappa shape index (κ2) is 5.01. The van der Waals surface area contributed by atoms with Gasteiger partial charge in [0.2, 0.25) is 6.23 Å². The number of ether oxygens (including phenoxy) is 2. The molecule has 7 nitrogen and oxygen atoms in total. The highest BCUT2D eigenvalue weighted by Gasteiger charge is 2.38. The highest BCUT2D eigenvalue weighted by Crippen LogP contribution is 2.20. The zero-order valence-electron chi connectivity index (χ0n) is 11.3. The quantitative estimate of drug-likeness (QED) is 0.574. The second-order valence-electron chi connectivity index (χ2n) is 5.36. The van der Waals surface area contributed by atoms with Gasteiger partial charge in [0.15, 0.2) is 0 Å². The van der Waals surface area contributed by atoms with Gasteiger partial charge < -0.3 is 14.4 Å². The maximum atomic E-state index is 11.6. The number of hydrogen-bond acceptors (Lipinski definition) is 5. The first-order chi connectivity index (χ1) is 8.11. The van der Waals surface area contributed by atoms with Crippen molar-refractivity contribution in [3.63, 3.8) is 0 Å². The summed E-state index contributed by atoms with van der Waals surface area (Å²) >= 11 is 0. The standard InChI is InChI=1S/C11H20N2O5/c1-7-6-8(13(16)9(14)12(7)5)17-10(15)18-11(2,3)4/h7-8,16H,6H2,1-5H3. The third kappa shape index (κ3) is 3.49. The Morgan fingerprint density at radius 1 is 1.44 bits per heavy atom. The minimum atomic E-state index is -1.02. The van der Waals surface area contributed by atoms with Crippen LogP contribution in [-0.2, 0) is 9.47 Å². The molecule has 0 saturated carbocycles. The molecule has 1 aliphatic heterocycles. The monoisotopic (exact) mass is 260 g/mol. The number of amides is 2. The van der Waals surface area contributed by atoms with E-state index in [-0.39, 0.29) is 6.04 Å².